The number of carbonyl (C=O) groups excluding carboxylic acids is 1. The van der Waals surface area contributed by atoms with Gasteiger partial charge in [-0.25, -0.2) is 4.79 Å². The van der Waals surface area contributed by atoms with E-state index in [0.717, 1.165) is 0 Å². The Labute approximate surface area is 83.6 Å². The van der Waals surface area contributed by atoms with E-state index < -0.39 is 11.8 Å². The molecule has 0 amide bonds. The lowest BCUT2D eigenvalue weighted by Crippen LogP contribution is -2.26. The van der Waals surface area contributed by atoms with Crippen molar-refractivity contribution >= 4 is 6.16 Å². The van der Waals surface area contributed by atoms with E-state index in [0.29, 0.717) is 5.75 Å². The highest BCUT2D eigenvalue weighted by Gasteiger charge is 2.18. The minimum atomic E-state index is -1.02. The van der Waals surface area contributed by atoms with Gasteiger partial charge >= 0.3 is 6.16 Å². The zero-order chi connectivity index (χ0) is 10.6. The Hall–Kier alpha value is -1.51. The Morgan fingerprint density at radius 3 is 2.36 bits per heavy atom. The van der Waals surface area contributed by atoms with Gasteiger partial charge in [-0.2, -0.15) is 0 Å². The Bertz CT molecular complexity index is 298. The van der Waals surface area contributed by atoms with Crippen molar-refractivity contribution in [3.8, 4) is 5.75 Å². The van der Waals surface area contributed by atoms with Crippen molar-refractivity contribution in [2.24, 2.45) is 0 Å². The molecule has 0 saturated carbocycles. The summed E-state index contributed by atoms with van der Waals surface area (Å²) in [7, 11) is 0. The highest BCUT2D eigenvalue weighted by Crippen LogP contribution is 2.12. The van der Waals surface area contributed by atoms with Gasteiger partial charge in [0.2, 0.25) is 0 Å². The zero-order valence-electron chi connectivity index (χ0n) is 8.19. The Morgan fingerprint density at radius 2 is 1.86 bits per heavy atom. The lowest BCUT2D eigenvalue weighted by Gasteiger charge is -2.18. The summed E-state index contributed by atoms with van der Waals surface area (Å²) < 4.78 is 9.61. The molecule has 14 heavy (non-hydrogen) atoms. The fourth-order valence-electron chi connectivity index (χ4n) is 0.820. The highest BCUT2D eigenvalue weighted by atomic mass is 16.7. The third-order valence-corrected chi connectivity index (χ3v) is 1.29. The zero-order valence-corrected chi connectivity index (χ0v) is 8.19. The van der Waals surface area contributed by atoms with E-state index in [2.05, 4.69) is 0 Å². The van der Waals surface area contributed by atoms with Gasteiger partial charge in [0.25, 0.3) is 0 Å². The molecule has 0 fully saturated rings. The molecule has 3 heteroatoms. The molecule has 0 saturated heterocycles. The van der Waals surface area contributed by atoms with Crippen LogP contribution >= 0.6 is 0 Å². The second kappa shape index (κ2) is 4.13. The van der Waals surface area contributed by atoms with Crippen molar-refractivity contribution in [1.82, 2.24) is 0 Å². The van der Waals surface area contributed by atoms with E-state index in [9.17, 15) is 4.79 Å². The van der Waals surface area contributed by atoms with Gasteiger partial charge in [-0.15, -0.1) is 0 Å². The predicted octanol–water partition coefficient (Wildman–Crippen LogP) is 2.69. The summed E-state index contributed by atoms with van der Waals surface area (Å²) in [6.07, 6.45) is -0.802. The van der Waals surface area contributed by atoms with E-state index >= 15 is 0 Å². The second-order valence-electron chi connectivity index (χ2n) is 3.37. The molecule has 0 spiro atoms. The van der Waals surface area contributed by atoms with E-state index in [1.807, 2.05) is 6.07 Å². The topological polar surface area (TPSA) is 35.5 Å². The highest BCUT2D eigenvalue weighted by molar-refractivity contribution is 5.64. The number of carbonyl (C=O) groups is 1. The van der Waals surface area contributed by atoms with Crippen LogP contribution in [-0.2, 0) is 4.74 Å². The van der Waals surface area contributed by atoms with E-state index in [1.54, 1.807) is 38.1 Å². The number of rotatable bonds is 2. The molecule has 0 aliphatic heterocycles. The molecular weight excluding hydrogens is 180 g/mol. The van der Waals surface area contributed by atoms with Crippen molar-refractivity contribution in [2.75, 3.05) is 0 Å². The van der Waals surface area contributed by atoms with Crippen molar-refractivity contribution in [3.05, 3.63) is 37.3 Å². The summed E-state index contributed by atoms with van der Waals surface area (Å²) in [6.45, 7) is 8.60. The summed E-state index contributed by atoms with van der Waals surface area (Å²) in [5.74, 6) is 0.432. The maximum Gasteiger partial charge on any atom is 0.514 e. The average molecular weight is 192 g/mol. The molecule has 0 aliphatic carbocycles. The third-order valence-electron chi connectivity index (χ3n) is 1.29. The molecule has 0 aromatic heterocycles. The summed E-state index contributed by atoms with van der Waals surface area (Å²) >= 11 is 0. The molecule has 3 nitrogen and oxygen atoms in total. The fraction of sp³-hybridized carbons (Fsp3) is 0.273. The lowest BCUT2D eigenvalue weighted by molar-refractivity contribution is 0.0352. The van der Waals surface area contributed by atoms with Crippen LogP contribution in [0.3, 0.4) is 0 Å². The molecular formula is C11H12O3. The van der Waals surface area contributed by atoms with Crippen LogP contribution in [-0.4, -0.2) is 11.8 Å². The number of hydrogen-bond donors (Lipinski definition) is 0. The van der Waals surface area contributed by atoms with E-state index in [-0.39, 0.29) is 0 Å². The lowest BCUT2D eigenvalue weighted by atomic mass is 10.2. The largest absolute Gasteiger partial charge is 0.514 e. The van der Waals surface area contributed by atoms with Gasteiger partial charge in [0.05, 0.1) is 0 Å². The molecule has 0 N–H and O–H groups in total. The Kier molecular flexibility index (Phi) is 3.12. The van der Waals surface area contributed by atoms with Gasteiger partial charge in [-0.1, -0.05) is 18.2 Å². The minimum absolute atomic E-state index is 0.432. The van der Waals surface area contributed by atoms with Gasteiger partial charge in [0.15, 0.2) is 0 Å². The van der Waals surface area contributed by atoms with E-state index in [1.165, 1.54) is 0 Å². The normalized spacial score (nSPS) is 10.8. The van der Waals surface area contributed by atoms with Crippen LogP contribution in [0.15, 0.2) is 30.3 Å². The smallest absolute Gasteiger partial charge is 0.428 e. The summed E-state index contributed by atoms with van der Waals surface area (Å²) in [5, 5.41) is 0. The van der Waals surface area contributed by atoms with Crippen LogP contribution in [0.2, 0.25) is 0 Å². The molecule has 1 aromatic rings. The number of ether oxygens (including phenoxy) is 2. The molecule has 0 bridgehead atoms. The SMILES string of the molecule is [CH]C(C)(C)OC(=O)Oc1ccccc1. The predicted molar refractivity (Wildman–Crippen MR) is 51.9 cm³/mol. The fourth-order valence-corrected chi connectivity index (χ4v) is 0.820. The molecule has 0 aliphatic rings. The standard InChI is InChI=1S/C11H12O3/c1-11(2,3)14-10(12)13-9-7-5-4-6-8-9/h1,4-8H,2-3H3. The molecule has 1 aromatic carbocycles. The van der Waals surface area contributed by atoms with Crippen molar-refractivity contribution in [1.29, 1.82) is 0 Å². The van der Waals surface area contributed by atoms with Crippen LogP contribution in [0.1, 0.15) is 13.8 Å². The van der Waals surface area contributed by atoms with Crippen molar-refractivity contribution < 1.29 is 14.3 Å². The van der Waals surface area contributed by atoms with Gasteiger partial charge in [-0.05, 0) is 26.0 Å². The molecule has 1 rings (SSSR count). The summed E-state index contributed by atoms with van der Waals surface area (Å²) in [6, 6.07) is 8.66. The van der Waals surface area contributed by atoms with Crippen LogP contribution in [0.4, 0.5) is 4.79 Å². The molecule has 0 atom stereocenters. The average Bonchev–Trinajstić information content (AvgIpc) is 2.02. The minimum Gasteiger partial charge on any atom is -0.428 e. The summed E-state index contributed by atoms with van der Waals surface area (Å²) in [4.78, 5) is 11.1. The van der Waals surface area contributed by atoms with Gasteiger partial charge < -0.3 is 9.47 Å². The van der Waals surface area contributed by atoms with Crippen LogP contribution < -0.4 is 4.74 Å². The van der Waals surface area contributed by atoms with E-state index in [4.69, 9.17) is 16.4 Å². The van der Waals surface area contributed by atoms with Crippen molar-refractivity contribution in [3.63, 3.8) is 0 Å². The van der Waals surface area contributed by atoms with Crippen molar-refractivity contribution in [2.45, 2.75) is 19.4 Å². The molecule has 0 heterocycles. The first-order chi connectivity index (χ1) is 6.47. The number of benzene rings is 1. The number of hydrogen-bond acceptors (Lipinski definition) is 3. The van der Waals surface area contributed by atoms with Crippen LogP contribution in [0, 0.1) is 6.92 Å². The quantitative estimate of drug-likeness (QED) is 0.533. The first-order valence-corrected chi connectivity index (χ1v) is 4.22. The Morgan fingerprint density at radius 1 is 1.29 bits per heavy atom. The van der Waals surface area contributed by atoms with Gasteiger partial charge in [0.1, 0.15) is 11.4 Å². The summed E-state index contributed by atoms with van der Waals surface area (Å²) in [5.41, 5.74) is -1.02. The second-order valence-corrected chi connectivity index (χ2v) is 3.37. The monoisotopic (exact) mass is 192 g/mol. The van der Waals surface area contributed by atoms with Gasteiger partial charge in [-0.3, -0.25) is 0 Å². The molecule has 2 radical (unpaired) electrons. The number of para-hydroxylation sites is 1. The molecule has 0 unspecified atom stereocenters. The maximum atomic E-state index is 11.1. The van der Waals surface area contributed by atoms with Crippen LogP contribution in [0.5, 0.6) is 5.75 Å². The van der Waals surface area contributed by atoms with Crippen LogP contribution in [0.25, 0.3) is 0 Å². The maximum absolute atomic E-state index is 11.1. The Balaban J connectivity index is 2.50. The third kappa shape index (κ3) is 3.94. The van der Waals surface area contributed by atoms with Gasteiger partial charge in [0, 0.05) is 6.92 Å². The first kappa shape index (κ1) is 10.6. The first-order valence-electron chi connectivity index (χ1n) is 4.22. The molecule has 74 valence electrons.